The summed E-state index contributed by atoms with van der Waals surface area (Å²) in [5.74, 6) is 0. The molecule has 0 aliphatic heterocycles. The molecule has 0 atom stereocenters. The maximum atomic E-state index is 5.90. The minimum Gasteiger partial charge on any atom is -0.456 e. The molecule has 0 aliphatic rings. The fraction of sp³-hybridized carbons (Fsp3) is 1.00. The van der Waals surface area contributed by atoms with Crippen molar-refractivity contribution in [3.05, 3.63) is 0 Å². The molecule has 0 amide bonds. The minimum atomic E-state index is -2.80. The Labute approximate surface area is 141 Å². The lowest BCUT2D eigenvalue weighted by atomic mass is 10.9. The van der Waals surface area contributed by atoms with Gasteiger partial charge in [0.25, 0.3) is 0 Å². The predicted molar refractivity (Wildman–Crippen MR) is 100 cm³/mol. The fourth-order valence-electron chi connectivity index (χ4n) is 1.88. The van der Waals surface area contributed by atoms with Crippen LogP contribution in [0.4, 0.5) is 0 Å². The van der Waals surface area contributed by atoms with Gasteiger partial charge in [-0.25, -0.2) is 0 Å². The van der Waals surface area contributed by atoms with E-state index in [0.29, 0.717) is 26.4 Å². The Kier molecular flexibility index (Phi) is 13.4. The van der Waals surface area contributed by atoms with Crippen LogP contribution in [0.3, 0.4) is 0 Å². The third kappa shape index (κ3) is 15.4. The first-order valence-corrected chi connectivity index (χ1v) is 16.7. The molecule has 0 saturated heterocycles. The van der Waals surface area contributed by atoms with E-state index >= 15 is 0 Å². The van der Waals surface area contributed by atoms with E-state index in [-0.39, 0.29) is 0 Å². The largest absolute Gasteiger partial charge is 0.679 e. The molecular formula is C14H38O5Si3. The van der Waals surface area contributed by atoms with E-state index < -0.39 is 25.7 Å². The first kappa shape index (κ1) is 24.7. The first-order valence-electron chi connectivity index (χ1n) is 8.21. The highest BCUT2D eigenvalue weighted by atomic mass is 28.4. The molecule has 0 aromatic rings. The molecule has 0 aromatic heterocycles. The molecular weight excluding hydrogens is 332 g/mol. The summed E-state index contributed by atoms with van der Waals surface area (Å²) >= 11 is 0. The monoisotopic (exact) mass is 370 g/mol. The van der Waals surface area contributed by atoms with E-state index in [0.717, 1.165) is 0 Å². The normalized spacial score (nSPS) is 12.8. The van der Waals surface area contributed by atoms with Crippen molar-refractivity contribution in [2.75, 3.05) is 26.4 Å². The van der Waals surface area contributed by atoms with E-state index in [1.54, 1.807) is 0 Å². The zero-order valence-corrected chi connectivity index (χ0v) is 19.4. The smallest absolute Gasteiger partial charge is 0.456 e. The predicted octanol–water partition coefficient (Wildman–Crippen LogP) is 4.24. The first-order chi connectivity index (χ1) is 9.95. The molecule has 22 heavy (non-hydrogen) atoms. The van der Waals surface area contributed by atoms with E-state index in [2.05, 4.69) is 39.3 Å². The van der Waals surface area contributed by atoms with Gasteiger partial charge in [-0.15, -0.1) is 0 Å². The summed E-state index contributed by atoms with van der Waals surface area (Å²) in [6.07, 6.45) is 0. The molecule has 0 heterocycles. The Morgan fingerprint density at radius 1 is 0.500 bits per heavy atom. The van der Waals surface area contributed by atoms with Crippen LogP contribution in [0.1, 0.15) is 27.7 Å². The molecule has 0 unspecified atom stereocenters. The summed E-state index contributed by atoms with van der Waals surface area (Å²) in [4.78, 5) is 0. The molecule has 0 radical (unpaired) electrons. The minimum absolute atomic E-state index is 0.548. The summed E-state index contributed by atoms with van der Waals surface area (Å²) in [6.45, 7) is 23.2. The molecule has 0 N–H and O–H groups in total. The fourth-order valence-corrected chi connectivity index (χ4v) is 11.1. The van der Waals surface area contributed by atoms with Gasteiger partial charge in [-0.2, -0.15) is 0 Å². The molecule has 136 valence electrons. The highest BCUT2D eigenvalue weighted by molar-refractivity contribution is 6.83. The van der Waals surface area contributed by atoms with Gasteiger partial charge in [0.2, 0.25) is 0 Å². The molecule has 0 rings (SSSR count). The van der Waals surface area contributed by atoms with Gasteiger partial charge < -0.3 is 21.8 Å². The number of rotatable bonds is 10. The Balaban J connectivity index is 0. The summed E-state index contributed by atoms with van der Waals surface area (Å²) in [5.41, 5.74) is 0. The van der Waals surface area contributed by atoms with Crippen LogP contribution >= 0.6 is 0 Å². The van der Waals surface area contributed by atoms with Gasteiger partial charge in [-0.1, -0.05) is 0 Å². The van der Waals surface area contributed by atoms with Crippen molar-refractivity contribution in [2.45, 2.75) is 67.0 Å². The van der Waals surface area contributed by atoms with Gasteiger partial charge >= 0.3 is 9.05 Å². The Hall–Kier alpha value is 0.451. The van der Waals surface area contributed by atoms with E-state index in [4.69, 9.17) is 21.8 Å². The standard InChI is InChI=1S/C8H20O4Si.C6H18OSi2/c1-5-9-13(10-6-2,11-7-3)12-8-4;1-8(2,3)7-9(4,5)6/h5-8H2,1-4H3;1-6H3. The molecule has 0 saturated carbocycles. The Morgan fingerprint density at radius 3 is 0.818 bits per heavy atom. The zero-order chi connectivity index (χ0) is 17.9. The van der Waals surface area contributed by atoms with Crippen LogP contribution in [-0.4, -0.2) is 52.1 Å². The third-order valence-corrected chi connectivity index (χ3v) is 9.36. The topological polar surface area (TPSA) is 46.2 Å². The molecule has 0 spiro atoms. The van der Waals surface area contributed by atoms with Crippen molar-refractivity contribution >= 4 is 25.7 Å². The highest BCUT2D eigenvalue weighted by Crippen LogP contribution is 2.12. The van der Waals surface area contributed by atoms with Crippen molar-refractivity contribution in [1.29, 1.82) is 0 Å². The lowest BCUT2D eigenvalue weighted by molar-refractivity contribution is -0.0247. The maximum Gasteiger partial charge on any atom is 0.679 e. The van der Waals surface area contributed by atoms with E-state index in [1.165, 1.54) is 0 Å². The summed E-state index contributed by atoms with van der Waals surface area (Å²) in [5, 5.41) is 0. The quantitative estimate of drug-likeness (QED) is 0.538. The molecule has 5 nitrogen and oxygen atoms in total. The van der Waals surface area contributed by atoms with Crippen molar-refractivity contribution in [3.63, 3.8) is 0 Å². The van der Waals surface area contributed by atoms with Gasteiger partial charge in [0.15, 0.2) is 16.6 Å². The van der Waals surface area contributed by atoms with Crippen molar-refractivity contribution in [1.82, 2.24) is 0 Å². The van der Waals surface area contributed by atoms with Crippen LogP contribution in [0.15, 0.2) is 0 Å². The van der Waals surface area contributed by atoms with Gasteiger partial charge in [-0.3, -0.25) is 0 Å². The van der Waals surface area contributed by atoms with Crippen molar-refractivity contribution < 1.29 is 21.8 Å². The average Bonchev–Trinajstić information content (AvgIpc) is 2.26. The van der Waals surface area contributed by atoms with Gasteiger partial charge in [0.05, 0.1) is 0 Å². The van der Waals surface area contributed by atoms with Crippen LogP contribution in [0.25, 0.3) is 0 Å². The summed E-state index contributed by atoms with van der Waals surface area (Å²) in [7, 11) is -5.26. The lowest BCUT2D eigenvalue weighted by Gasteiger charge is -2.27. The lowest BCUT2D eigenvalue weighted by Crippen LogP contribution is -2.49. The van der Waals surface area contributed by atoms with Crippen LogP contribution < -0.4 is 0 Å². The average molecular weight is 371 g/mol. The zero-order valence-electron chi connectivity index (χ0n) is 16.4. The second kappa shape index (κ2) is 11.9. The maximum absolute atomic E-state index is 5.90. The van der Waals surface area contributed by atoms with Crippen LogP contribution in [0, 0.1) is 0 Å². The summed E-state index contributed by atoms with van der Waals surface area (Å²) < 4.78 is 27.6. The molecule has 0 fully saturated rings. The number of hydrogen-bond donors (Lipinski definition) is 0. The third-order valence-electron chi connectivity index (χ3n) is 1.90. The number of hydrogen-bond acceptors (Lipinski definition) is 5. The summed E-state index contributed by atoms with van der Waals surface area (Å²) in [6, 6.07) is 0. The Morgan fingerprint density at radius 2 is 0.727 bits per heavy atom. The van der Waals surface area contributed by atoms with Crippen molar-refractivity contribution in [2.24, 2.45) is 0 Å². The Bertz CT molecular complexity index is 223. The van der Waals surface area contributed by atoms with Crippen LogP contribution in [0.5, 0.6) is 0 Å². The second-order valence-corrected chi connectivity index (χ2v) is 18.0. The SMILES string of the molecule is CCO[Si](OCC)(OCC)OCC.C[Si](C)(C)O[Si](C)(C)C. The van der Waals surface area contributed by atoms with E-state index in [9.17, 15) is 0 Å². The van der Waals surface area contributed by atoms with Gasteiger partial charge in [0, 0.05) is 26.4 Å². The van der Waals surface area contributed by atoms with Gasteiger partial charge in [0.1, 0.15) is 0 Å². The van der Waals surface area contributed by atoms with Gasteiger partial charge in [-0.05, 0) is 67.0 Å². The van der Waals surface area contributed by atoms with Crippen molar-refractivity contribution in [3.8, 4) is 0 Å². The molecule has 0 aromatic carbocycles. The second-order valence-electron chi connectivity index (χ2n) is 6.56. The molecule has 0 aliphatic carbocycles. The molecule has 0 bridgehead atoms. The highest BCUT2D eigenvalue weighted by Gasteiger charge is 2.44. The van der Waals surface area contributed by atoms with Crippen LogP contribution in [0.2, 0.25) is 39.3 Å². The van der Waals surface area contributed by atoms with Crippen LogP contribution in [-0.2, 0) is 21.8 Å². The molecule has 8 heteroatoms. The van der Waals surface area contributed by atoms with E-state index in [1.807, 2.05) is 27.7 Å².